The highest BCUT2D eigenvalue weighted by atomic mass is 35.5. The molecule has 0 radical (unpaired) electrons. The van der Waals surface area contributed by atoms with Gasteiger partial charge >= 0.3 is 0 Å². The predicted octanol–water partition coefficient (Wildman–Crippen LogP) is 7.06. The van der Waals surface area contributed by atoms with Crippen LogP contribution in [0.15, 0.2) is 65.8 Å². The molecule has 0 spiro atoms. The van der Waals surface area contributed by atoms with Crippen molar-refractivity contribution in [1.82, 2.24) is 20.1 Å². The molecule has 5 rings (SSSR count). The number of benzene rings is 3. The molecule has 1 heterocycles. The molecular formula is C29H28Cl2N4O2S. The molecule has 0 fully saturated rings. The van der Waals surface area contributed by atoms with Gasteiger partial charge in [0.25, 0.3) is 0 Å². The zero-order valence-corrected chi connectivity index (χ0v) is 23.5. The number of carbonyl (C=O) groups is 1. The first-order chi connectivity index (χ1) is 18.4. The maximum atomic E-state index is 13.0. The number of thioether (sulfide) groups is 1. The van der Waals surface area contributed by atoms with E-state index in [9.17, 15) is 4.79 Å². The topological polar surface area (TPSA) is 69.0 Å². The number of hydrogen-bond acceptors (Lipinski definition) is 5. The van der Waals surface area contributed by atoms with Crippen molar-refractivity contribution in [2.24, 2.45) is 0 Å². The molecule has 1 amide bonds. The van der Waals surface area contributed by atoms with Crippen molar-refractivity contribution >= 4 is 40.9 Å². The molecule has 1 aliphatic carbocycles. The molecule has 1 N–H and O–H groups in total. The third-order valence-corrected chi connectivity index (χ3v) is 8.05. The predicted molar refractivity (Wildman–Crippen MR) is 153 cm³/mol. The standard InChI is InChI=1S/C29H28Cl2N4O2S/c1-18-10-11-19(2)25(14-18)35-27(16-37-26-13-12-21(30)15-23(26)31)33-34-29(35)38-17-28(36)32-24-9-5-7-20-6-3-4-8-22(20)24/h3-4,6,8,10-15,24H,5,7,9,16-17H2,1-2H3,(H,32,36). The van der Waals surface area contributed by atoms with E-state index >= 15 is 0 Å². The monoisotopic (exact) mass is 566 g/mol. The molecule has 3 aromatic carbocycles. The summed E-state index contributed by atoms with van der Waals surface area (Å²) in [6.45, 7) is 4.23. The van der Waals surface area contributed by atoms with Crippen molar-refractivity contribution in [3.8, 4) is 11.4 Å². The lowest BCUT2D eigenvalue weighted by Gasteiger charge is -2.26. The zero-order valence-electron chi connectivity index (χ0n) is 21.2. The van der Waals surface area contributed by atoms with Crippen LogP contribution in [0.4, 0.5) is 0 Å². The van der Waals surface area contributed by atoms with Crippen molar-refractivity contribution in [1.29, 1.82) is 0 Å². The Kier molecular flexibility index (Phi) is 8.27. The summed E-state index contributed by atoms with van der Waals surface area (Å²) in [4.78, 5) is 13.0. The number of halogens is 2. The fraction of sp³-hybridized carbons (Fsp3) is 0.276. The van der Waals surface area contributed by atoms with Crippen molar-refractivity contribution in [2.45, 2.75) is 50.9 Å². The first kappa shape index (κ1) is 26.6. The van der Waals surface area contributed by atoms with Gasteiger partial charge in [-0.3, -0.25) is 9.36 Å². The van der Waals surface area contributed by atoms with Crippen molar-refractivity contribution < 1.29 is 9.53 Å². The van der Waals surface area contributed by atoms with Gasteiger partial charge in [-0.15, -0.1) is 10.2 Å². The van der Waals surface area contributed by atoms with E-state index in [0.29, 0.717) is 26.8 Å². The summed E-state index contributed by atoms with van der Waals surface area (Å²) in [7, 11) is 0. The third kappa shape index (κ3) is 6.01. The number of carbonyl (C=O) groups excluding carboxylic acids is 1. The lowest BCUT2D eigenvalue weighted by Crippen LogP contribution is -2.32. The van der Waals surface area contributed by atoms with Gasteiger partial charge < -0.3 is 10.1 Å². The Hall–Kier alpha value is -3.00. The van der Waals surface area contributed by atoms with Gasteiger partial charge in [0.1, 0.15) is 12.4 Å². The van der Waals surface area contributed by atoms with Gasteiger partial charge in [0.05, 0.1) is 22.5 Å². The van der Waals surface area contributed by atoms with Gasteiger partial charge in [-0.1, -0.05) is 71.4 Å². The largest absolute Gasteiger partial charge is 0.484 e. The average molecular weight is 568 g/mol. The second-order valence-electron chi connectivity index (χ2n) is 9.39. The highest BCUT2D eigenvalue weighted by Gasteiger charge is 2.23. The molecule has 9 heteroatoms. The zero-order chi connectivity index (χ0) is 26.6. The Morgan fingerprint density at radius 3 is 2.79 bits per heavy atom. The van der Waals surface area contributed by atoms with E-state index in [2.05, 4.69) is 51.9 Å². The fourth-order valence-corrected chi connectivity index (χ4v) is 5.93. The summed E-state index contributed by atoms with van der Waals surface area (Å²) < 4.78 is 7.94. The minimum atomic E-state index is -0.0297. The minimum Gasteiger partial charge on any atom is -0.484 e. The summed E-state index contributed by atoms with van der Waals surface area (Å²) in [6.07, 6.45) is 3.07. The van der Waals surface area contributed by atoms with Crippen LogP contribution in [0.25, 0.3) is 5.69 Å². The first-order valence-corrected chi connectivity index (χ1v) is 14.2. The Morgan fingerprint density at radius 2 is 1.95 bits per heavy atom. The van der Waals surface area contributed by atoms with Crippen LogP contribution in [-0.4, -0.2) is 26.4 Å². The second-order valence-corrected chi connectivity index (χ2v) is 11.2. The Bertz CT molecular complexity index is 1470. The second kappa shape index (κ2) is 11.8. The van der Waals surface area contributed by atoms with E-state index in [4.69, 9.17) is 27.9 Å². The molecule has 1 unspecified atom stereocenters. The van der Waals surface area contributed by atoms with Crippen LogP contribution < -0.4 is 10.1 Å². The lowest BCUT2D eigenvalue weighted by molar-refractivity contribution is -0.119. The molecule has 0 aliphatic heterocycles. The number of amides is 1. The number of nitrogens with zero attached hydrogens (tertiary/aromatic N) is 3. The molecule has 0 saturated carbocycles. The highest BCUT2D eigenvalue weighted by Crippen LogP contribution is 2.31. The normalized spacial score (nSPS) is 14.7. The van der Waals surface area contributed by atoms with E-state index in [1.165, 1.54) is 22.9 Å². The molecule has 0 saturated heterocycles. The average Bonchev–Trinajstić information content (AvgIpc) is 3.31. The van der Waals surface area contributed by atoms with Gasteiger partial charge in [0.2, 0.25) is 5.91 Å². The summed E-state index contributed by atoms with van der Waals surface area (Å²) in [5, 5.41) is 13.6. The van der Waals surface area contributed by atoms with Gasteiger partial charge in [-0.2, -0.15) is 0 Å². The summed E-state index contributed by atoms with van der Waals surface area (Å²) in [5.41, 5.74) is 5.65. The maximum Gasteiger partial charge on any atom is 0.230 e. The van der Waals surface area contributed by atoms with E-state index in [0.717, 1.165) is 36.1 Å². The molecule has 1 atom stereocenters. The van der Waals surface area contributed by atoms with E-state index in [-0.39, 0.29) is 24.3 Å². The number of ether oxygens (including phenoxy) is 1. The van der Waals surface area contributed by atoms with Crippen LogP contribution in [0.3, 0.4) is 0 Å². The van der Waals surface area contributed by atoms with Crippen LogP contribution in [0.1, 0.15) is 47.0 Å². The molecule has 6 nitrogen and oxygen atoms in total. The number of hydrogen-bond donors (Lipinski definition) is 1. The highest BCUT2D eigenvalue weighted by molar-refractivity contribution is 7.99. The molecule has 1 aliphatic rings. The van der Waals surface area contributed by atoms with Gasteiger partial charge in [-0.05, 0) is 79.6 Å². The van der Waals surface area contributed by atoms with Gasteiger partial charge in [0.15, 0.2) is 11.0 Å². The number of rotatable bonds is 8. The quantitative estimate of drug-likeness (QED) is 0.231. The van der Waals surface area contributed by atoms with Crippen molar-refractivity contribution in [3.05, 3.63) is 98.8 Å². The summed E-state index contributed by atoms with van der Waals surface area (Å²) in [6, 6.07) is 19.7. The van der Waals surface area contributed by atoms with Gasteiger partial charge in [0, 0.05) is 5.02 Å². The number of nitrogens with one attached hydrogen (secondary N) is 1. The Labute approximate surface area is 236 Å². The summed E-state index contributed by atoms with van der Waals surface area (Å²) in [5.74, 6) is 1.31. The number of fused-ring (bicyclic) bond motifs is 1. The lowest BCUT2D eigenvalue weighted by atomic mass is 9.88. The number of aromatic nitrogens is 3. The summed E-state index contributed by atoms with van der Waals surface area (Å²) >= 11 is 13.7. The molecule has 1 aromatic heterocycles. The SMILES string of the molecule is Cc1ccc(C)c(-n2c(COc3ccc(Cl)cc3Cl)nnc2SCC(=O)NC2CCCc3ccccc32)c1. The van der Waals surface area contributed by atoms with Crippen LogP contribution in [0, 0.1) is 13.8 Å². The fourth-order valence-electron chi connectivity index (χ4n) is 4.69. The molecular weight excluding hydrogens is 539 g/mol. The molecule has 4 aromatic rings. The Morgan fingerprint density at radius 1 is 1.11 bits per heavy atom. The van der Waals surface area contributed by atoms with Crippen molar-refractivity contribution in [2.75, 3.05) is 5.75 Å². The van der Waals surface area contributed by atoms with Crippen LogP contribution >= 0.6 is 35.0 Å². The Balaban J connectivity index is 1.35. The van der Waals surface area contributed by atoms with E-state index in [1.807, 2.05) is 24.5 Å². The van der Waals surface area contributed by atoms with Crippen LogP contribution in [0.2, 0.25) is 10.0 Å². The first-order valence-electron chi connectivity index (χ1n) is 12.5. The molecule has 196 valence electrons. The van der Waals surface area contributed by atoms with Crippen LogP contribution in [0.5, 0.6) is 5.75 Å². The minimum absolute atomic E-state index is 0.0297. The molecule has 38 heavy (non-hydrogen) atoms. The van der Waals surface area contributed by atoms with Crippen LogP contribution in [-0.2, 0) is 17.8 Å². The van der Waals surface area contributed by atoms with Crippen molar-refractivity contribution in [3.63, 3.8) is 0 Å². The maximum absolute atomic E-state index is 13.0. The van der Waals surface area contributed by atoms with E-state index in [1.54, 1.807) is 18.2 Å². The van der Waals surface area contributed by atoms with E-state index < -0.39 is 0 Å². The molecule has 0 bridgehead atoms. The van der Waals surface area contributed by atoms with Gasteiger partial charge in [-0.25, -0.2) is 0 Å². The third-order valence-electron chi connectivity index (χ3n) is 6.59. The smallest absolute Gasteiger partial charge is 0.230 e. The number of aryl methyl sites for hydroxylation is 3.